The molecule has 4 aromatic rings. The lowest BCUT2D eigenvalue weighted by molar-refractivity contribution is -0.231. The number of ether oxygens (including phenoxy) is 2. The largest absolute Gasteiger partial charge is 0.508 e. The van der Waals surface area contributed by atoms with Gasteiger partial charge in [-0.05, 0) is 59.2 Å². The minimum Gasteiger partial charge on any atom is -0.508 e. The SMILES string of the molecule is O=C(CCOC1C(=O)N(c2ccccc2)C1c1ccc(-c2ccc(C3OC(CO)C(O)C(O)C3O)cc2)cc1O)c1ccc(F)cc1. The molecule has 0 radical (unpaired) electrons. The van der Waals surface area contributed by atoms with Crippen LogP contribution in [0.15, 0.2) is 97.1 Å². The molecule has 1 amide bonds. The molecule has 0 bridgehead atoms. The molecule has 0 aliphatic carbocycles. The Bertz CT molecular complexity index is 1720. The predicted octanol–water partition coefficient (Wildman–Crippen LogP) is 3.46. The zero-order valence-corrected chi connectivity index (χ0v) is 25.1. The third-order valence-electron chi connectivity index (χ3n) is 8.69. The van der Waals surface area contributed by atoms with Crippen LogP contribution in [0.4, 0.5) is 10.1 Å². The summed E-state index contributed by atoms with van der Waals surface area (Å²) in [5, 5.41) is 51.5. The monoisotopic (exact) mass is 643 g/mol. The lowest BCUT2D eigenvalue weighted by atomic mass is 9.87. The highest BCUT2D eigenvalue weighted by Crippen LogP contribution is 2.45. The van der Waals surface area contributed by atoms with Crippen LogP contribution < -0.4 is 4.90 Å². The number of anilines is 1. The van der Waals surface area contributed by atoms with Crippen LogP contribution in [-0.4, -0.2) is 81.0 Å². The number of aromatic hydroxyl groups is 1. The van der Waals surface area contributed by atoms with Crippen LogP contribution >= 0.6 is 0 Å². The molecular weight excluding hydrogens is 609 g/mol. The van der Waals surface area contributed by atoms with Crippen LogP contribution in [0, 0.1) is 5.82 Å². The first kappa shape index (κ1) is 32.5. The first-order valence-corrected chi connectivity index (χ1v) is 15.2. The number of phenols is 1. The first-order valence-electron chi connectivity index (χ1n) is 15.2. The normalized spacial score (nSPS) is 25.8. The number of Topliss-reactive ketones (excluding diaryl/α,β-unsaturated/α-hetero) is 1. The summed E-state index contributed by atoms with van der Waals surface area (Å²) >= 11 is 0. The summed E-state index contributed by atoms with van der Waals surface area (Å²) in [5.41, 5.74) is 3.31. The number of hydrogen-bond donors (Lipinski definition) is 5. The Balaban J connectivity index is 1.20. The van der Waals surface area contributed by atoms with Crippen LogP contribution in [-0.2, 0) is 14.3 Å². The van der Waals surface area contributed by atoms with E-state index in [0.717, 1.165) is 5.56 Å². The molecule has 5 N–H and O–H groups in total. The van der Waals surface area contributed by atoms with Crippen molar-refractivity contribution in [3.8, 4) is 16.9 Å². The number of carbonyl (C=O) groups is 2. The number of hydrogen-bond acceptors (Lipinski definition) is 9. The number of aliphatic hydroxyl groups is 4. The van der Waals surface area contributed by atoms with Crippen LogP contribution in [0.1, 0.15) is 40.1 Å². The molecule has 47 heavy (non-hydrogen) atoms. The van der Waals surface area contributed by atoms with Gasteiger partial charge < -0.3 is 35.0 Å². The highest BCUT2D eigenvalue weighted by atomic mass is 19.1. The Hall–Kier alpha value is -4.49. The Labute approximate surface area is 269 Å². The van der Waals surface area contributed by atoms with Crippen LogP contribution in [0.25, 0.3) is 11.1 Å². The summed E-state index contributed by atoms with van der Waals surface area (Å²) in [6.45, 7) is -0.579. The summed E-state index contributed by atoms with van der Waals surface area (Å²) in [5.74, 6) is -1.09. The van der Waals surface area contributed by atoms with Crippen molar-refractivity contribution in [1.82, 2.24) is 0 Å². The minimum absolute atomic E-state index is 0.0164. The Kier molecular flexibility index (Phi) is 9.46. The van der Waals surface area contributed by atoms with Gasteiger partial charge >= 0.3 is 0 Å². The molecule has 10 nitrogen and oxygen atoms in total. The van der Waals surface area contributed by atoms with E-state index in [0.29, 0.717) is 27.9 Å². The maximum Gasteiger partial charge on any atom is 0.259 e. The third-order valence-corrected chi connectivity index (χ3v) is 8.69. The van der Waals surface area contributed by atoms with Crippen molar-refractivity contribution in [1.29, 1.82) is 0 Å². The fraction of sp³-hybridized carbons (Fsp3) is 0.278. The lowest BCUT2D eigenvalue weighted by Gasteiger charge is -2.47. The molecule has 2 fully saturated rings. The summed E-state index contributed by atoms with van der Waals surface area (Å²) in [7, 11) is 0. The van der Waals surface area contributed by atoms with Gasteiger partial charge in [0.2, 0.25) is 0 Å². The van der Waals surface area contributed by atoms with Crippen molar-refractivity contribution < 1.29 is 49.0 Å². The number of aliphatic hydroxyl groups excluding tert-OH is 4. The molecule has 2 saturated heterocycles. The van der Waals surface area contributed by atoms with E-state index < -0.39 is 55.1 Å². The van der Waals surface area contributed by atoms with Crippen molar-refractivity contribution in [2.75, 3.05) is 18.1 Å². The van der Waals surface area contributed by atoms with Crippen molar-refractivity contribution in [2.45, 2.75) is 49.1 Å². The number of rotatable bonds is 10. The fourth-order valence-corrected chi connectivity index (χ4v) is 6.08. The average molecular weight is 644 g/mol. The number of amides is 1. The van der Waals surface area contributed by atoms with Gasteiger partial charge in [0.15, 0.2) is 11.9 Å². The van der Waals surface area contributed by atoms with E-state index in [1.807, 2.05) is 6.07 Å². The number of β-lactam (4-membered cyclic amide) rings is 1. The molecular formula is C36H34FNO9. The molecule has 2 aliphatic heterocycles. The molecule has 0 spiro atoms. The van der Waals surface area contributed by atoms with Gasteiger partial charge in [-0.2, -0.15) is 0 Å². The summed E-state index contributed by atoms with van der Waals surface area (Å²) in [6.07, 6.45) is -7.33. The smallest absolute Gasteiger partial charge is 0.259 e. The number of carbonyl (C=O) groups excluding carboxylic acids is 2. The van der Waals surface area contributed by atoms with E-state index >= 15 is 0 Å². The molecule has 11 heteroatoms. The molecule has 4 aromatic carbocycles. The second-order valence-corrected chi connectivity index (χ2v) is 11.6. The molecule has 0 aromatic heterocycles. The highest BCUT2D eigenvalue weighted by molar-refractivity contribution is 6.05. The van der Waals surface area contributed by atoms with Crippen molar-refractivity contribution in [3.63, 3.8) is 0 Å². The molecule has 244 valence electrons. The van der Waals surface area contributed by atoms with Gasteiger partial charge in [-0.25, -0.2) is 4.39 Å². The Morgan fingerprint density at radius 2 is 1.53 bits per heavy atom. The van der Waals surface area contributed by atoms with Gasteiger partial charge in [0.05, 0.1) is 13.2 Å². The van der Waals surface area contributed by atoms with Gasteiger partial charge in [-0.15, -0.1) is 0 Å². The topological polar surface area (TPSA) is 157 Å². The van der Waals surface area contributed by atoms with E-state index in [-0.39, 0.29) is 30.5 Å². The highest BCUT2D eigenvalue weighted by Gasteiger charge is 2.51. The van der Waals surface area contributed by atoms with Crippen molar-refractivity contribution in [3.05, 3.63) is 120 Å². The molecule has 2 aliphatic rings. The maximum atomic E-state index is 13.3. The van der Waals surface area contributed by atoms with E-state index in [4.69, 9.17) is 9.47 Å². The quantitative estimate of drug-likeness (QED) is 0.129. The number of phenolic OH excluding ortho intramolecular Hbond substituents is 1. The molecule has 7 unspecified atom stereocenters. The first-order chi connectivity index (χ1) is 22.7. The van der Waals surface area contributed by atoms with Gasteiger partial charge in [-0.3, -0.25) is 14.5 Å². The second kappa shape index (κ2) is 13.7. The number of ketones is 1. The van der Waals surface area contributed by atoms with Crippen LogP contribution in [0.3, 0.4) is 0 Å². The van der Waals surface area contributed by atoms with E-state index in [9.17, 15) is 39.5 Å². The number of benzene rings is 4. The molecule has 2 heterocycles. The zero-order valence-electron chi connectivity index (χ0n) is 25.1. The molecule has 0 saturated carbocycles. The summed E-state index contributed by atoms with van der Waals surface area (Å²) < 4.78 is 24.8. The van der Waals surface area contributed by atoms with Crippen molar-refractivity contribution in [2.24, 2.45) is 0 Å². The minimum atomic E-state index is -1.49. The maximum absolute atomic E-state index is 13.3. The standard InChI is InChI=1S/C36H34FNO9/c37-24-13-10-21(11-14-24)27(40)16-17-46-35-30(38(36(35)45)25-4-2-1-3-5-25)26-15-12-23(18-28(26)41)20-6-8-22(9-7-20)34-33(44)32(43)31(42)29(19-39)47-34/h1-15,18,29-35,39,41-44H,16-17,19H2. The van der Waals surface area contributed by atoms with Gasteiger partial charge in [-0.1, -0.05) is 54.6 Å². The second-order valence-electron chi connectivity index (χ2n) is 11.6. The van der Waals surface area contributed by atoms with Crippen LogP contribution in [0.5, 0.6) is 5.75 Å². The number of para-hydroxylation sites is 1. The Morgan fingerprint density at radius 3 is 2.19 bits per heavy atom. The van der Waals surface area contributed by atoms with E-state index in [2.05, 4.69) is 0 Å². The molecule has 6 rings (SSSR count). The van der Waals surface area contributed by atoms with E-state index in [1.165, 1.54) is 29.2 Å². The summed E-state index contributed by atoms with van der Waals surface area (Å²) in [6, 6.07) is 25.5. The zero-order chi connectivity index (χ0) is 33.2. The molecule has 7 atom stereocenters. The predicted molar refractivity (Wildman–Crippen MR) is 168 cm³/mol. The Morgan fingerprint density at radius 1 is 0.851 bits per heavy atom. The van der Waals surface area contributed by atoms with Gasteiger partial charge in [0.1, 0.15) is 48.1 Å². The van der Waals surface area contributed by atoms with Crippen molar-refractivity contribution >= 4 is 17.4 Å². The third kappa shape index (κ3) is 6.41. The van der Waals surface area contributed by atoms with Gasteiger partial charge in [0.25, 0.3) is 5.91 Å². The van der Waals surface area contributed by atoms with Gasteiger partial charge in [0, 0.05) is 23.2 Å². The summed E-state index contributed by atoms with van der Waals surface area (Å²) in [4.78, 5) is 27.4. The number of nitrogens with zero attached hydrogens (tertiary/aromatic N) is 1. The fourth-order valence-electron chi connectivity index (χ4n) is 6.08. The number of halogens is 1. The van der Waals surface area contributed by atoms with E-state index in [1.54, 1.807) is 66.7 Å². The average Bonchev–Trinajstić information content (AvgIpc) is 3.09. The van der Waals surface area contributed by atoms with Crippen LogP contribution in [0.2, 0.25) is 0 Å². The lowest BCUT2D eigenvalue weighted by Crippen LogP contribution is -2.60.